The molecule has 112 heavy (non-hydrogen) atoms. The molecule has 0 spiro atoms. The van der Waals surface area contributed by atoms with Crippen molar-refractivity contribution in [1.29, 1.82) is 0 Å². The van der Waals surface area contributed by atoms with E-state index >= 15 is 0 Å². The third-order valence-corrected chi connectivity index (χ3v) is 25.1. The largest absolute Gasteiger partial charge is 0.354 e. The smallest absolute Gasteiger partial charge is 0.277 e. The summed E-state index contributed by atoms with van der Waals surface area (Å²) < 4.78 is 9.85. The van der Waals surface area contributed by atoms with Crippen LogP contribution in [0.15, 0.2) is 382 Å². The van der Waals surface area contributed by atoms with E-state index < -0.39 is 0 Å². The number of nitrogens with zero attached hydrogens (tertiary/aromatic N) is 3. The van der Waals surface area contributed by atoms with E-state index in [-0.39, 0.29) is 10.6 Å². The summed E-state index contributed by atoms with van der Waals surface area (Å²) >= 11 is 3.70. The SMILES string of the molecule is O=[N+]([O-])c1ccc(-c2ccccc2)cc1-c1cc2c3cc4c5ccccc5n(-c5cc(-c6ccccc6)cc(-c6ccccc6)c5)c4cc3sc2c2ccccc12.c1ccc(-c2cc(-c3ccccc3)cc(-n3c4ccccc4c4cc5c(cc43)sc3c4ccccc4c4c6cc(-c7ccccc7)ccc6[nH]c4c53)c2)cc1. The first-order valence-electron chi connectivity index (χ1n) is 37.8. The number of benzene rings is 18. The fourth-order valence-corrected chi connectivity index (χ4v) is 20.1. The number of rotatable bonds is 10. The number of hydrogen-bond acceptors (Lipinski definition) is 4. The molecule has 0 saturated carbocycles. The zero-order valence-corrected chi connectivity index (χ0v) is 62.0. The van der Waals surface area contributed by atoms with E-state index in [0.717, 1.165) is 82.7 Å². The Morgan fingerprint density at radius 3 is 1.13 bits per heavy atom. The number of nitro groups is 1. The summed E-state index contributed by atoms with van der Waals surface area (Å²) in [5, 5.41) is 29.5. The number of fused-ring (bicyclic) bond motifs is 21. The Morgan fingerprint density at radius 1 is 0.250 bits per heavy atom. The number of nitrogens with one attached hydrogen (secondary N) is 1. The Labute approximate surface area is 651 Å². The van der Waals surface area contributed by atoms with Crippen molar-refractivity contribution in [2.24, 2.45) is 0 Å². The molecule has 0 bridgehead atoms. The van der Waals surface area contributed by atoms with Crippen LogP contribution in [-0.4, -0.2) is 19.0 Å². The van der Waals surface area contributed by atoms with E-state index in [2.05, 4.69) is 342 Å². The minimum absolute atomic E-state index is 0.0942. The highest BCUT2D eigenvalue weighted by molar-refractivity contribution is 7.27. The van der Waals surface area contributed by atoms with Crippen LogP contribution in [0.4, 0.5) is 5.69 Å². The normalized spacial score (nSPS) is 11.8. The van der Waals surface area contributed by atoms with Crippen LogP contribution in [0.1, 0.15) is 0 Å². The lowest BCUT2D eigenvalue weighted by Crippen LogP contribution is -1.96. The first kappa shape index (κ1) is 64.9. The second-order valence-electron chi connectivity index (χ2n) is 29.1. The van der Waals surface area contributed by atoms with Crippen LogP contribution in [-0.2, 0) is 0 Å². The van der Waals surface area contributed by atoms with Gasteiger partial charge in [0.25, 0.3) is 5.69 Å². The Morgan fingerprint density at radius 2 is 0.643 bits per heavy atom. The molecule has 8 heteroatoms. The Bertz CT molecular complexity index is 7640. The molecule has 0 radical (unpaired) electrons. The van der Waals surface area contributed by atoms with Crippen molar-refractivity contribution in [3.05, 3.63) is 392 Å². The van der Waals surface area contributed by atoms with Gasteiger partial charge in [0.2, 0.25) is 0 Å². The van der Waals surface area contributed by atoms with Crippen LogP contribution in [0, 0.1) is 10.1 Å². The Hall–Kier alpha value is -14.3. The molecule has 6 nitrogen and oxygen atoms in total. The molecule has 18 aromatic carbocycles. The molecule has 0 fully saturated rings. The first-order valence-corrected chi connectivity index (χ1v) is 39.5. The monoisotopic (exact) mass is 1460 g/mol. The molecule has 5 heterocycles. The van der Waals surface area contributed by atoms with Crippen molar-refractivity contribution >= 4 is 156 Å². The molecule has 0 saturated heterocycles. The number of aromatic amines is 1. The molecule has 0 amide bonds. The average molecular weight is 1470 g/mol. The van der Waals surface area contributed by atoms with Crippen molar-refractivity contribution < 1.29 is 4.92 Å². The highest BCUT2D eigenvalue weighted by Crippen LogP contribution is 2.51. The van der Waals surface area contributed by atoms with Gasteiger partial charge in [-0.15, -0.1) is 22.7 Å². The maximum atomic E-state index is 12.6. The van der Waals surface area contributed by atoms with E-state index in [1.165, 1.54) is 128 Å². The highest BCUT2D eigenvalue weighted by Gasteiger charge is 2.26. The van der Waals surface area contributed by atoms with Crippen molar-refractivity contribution in [3.63, 3.8) is 0 Å². The fourth-order valence-electron chi connectivity index (χ4n) is 17.6. The molecule has 0 aliphatic carbocycles. The van der Waals surface area contributed by atoms with Gasteiger partial charge in [0.1, 0.15) is 0 Å². The maximum absolute atomic E-state index is 12.6. The molecule has 23 aromatic rings. The van der Waals surface area contributed by atoms with Crippen LogP contribution in [0.2, 0.25) is 0 Å². The average Bonchev–Trinajstić information content (AvgIpc) is 1.54. The van der Waals surface area contributed by atoms with Gasteiger partial charge in [0.15, 0.2) is 0 Å². The summed E-state index contributed by atoms with van der Waals surface area (Å²) in [5.74, 6) is 0. The van der Waals surface area contributed by atoms with Gasteiger partial charge in [-0.1, -0.05) is 273 Å². The van der Waals surface area contributed by atoms with E-state index in [9.17, 15) is 10.1 Å². The standard InChI is InChI=1S/C52H32N2O2S.C52H32N2S/c55-54(56)49-25-24-36(33-14-4-1-5-15-33)29-44(49)43-30-47-46-31-45-41-21-12-13-23-48(41)53(50(45)32-51(46)57-52(47)42-22-11-10-20-40(42)43)39-27-37(34-16-6-2-7-17-34)26-38(28-39)35-18-8-3-9-19-35;1-4-14-32(15-5-1)35-24-25-45-43(29-35)49-40-21-10-11-22-41(40)52-50(51(49)53-45)44-30-42-39-20-12-13-23-46(39)54(47(42)31-48(44)55-52)38-27-36(33-16-6-2-7-17-33)26-37(28-38)34-18-8-3-9-19-34/h1-32H;1-31,53H. The third-order valence-electron chi connectivity index (χ3n) is 22.7. The number of nitro benzene ring substituents is 1. The van der Waals surface area contributed by atoms with Crippen LogP contribution in [0.5, 0.6) is 0 Å². The zero-order chi connectivity index (χ0) is 74.1. The number of thiophene rings is 2. The van der Waals surface area contributed by atoms with Gasteiger partial charge in [-0.3, -0.25) is 10.1 Å². The zero-order valence-electron chi connectivity index (χ0n) is 60.3. The quantitative estimate of drug-likeness (QED) is 0.109. The molecule has 23 rings (SSSR count). The van der Waals surface area contributed by atoms with Gasteiger partial charge in [0.05, 0.1) is 38.1 Å². The van der Waals surface area contributed by atoms with Gasteiger partial charge in [-0.05, 0) is 186 Å². The molecular formula is C104H64N4O2S2. The molecule has 0 atom stereocenters. The number of para-hydroxylation sites is 2. The topological polar surface area (TPSA) is 68.8 Å². The van der Waals surface area contributed by atoms with E-state index in [1.54, 1.807) is 17.4 Å². The number of H-pyrrole nitrogens is 1. The molecular weight excluding hydrogens is 1400 g/mol. The minimum atomic E-state index is -0.261. The lowest BCUT2D eigenvalue weighted by molar-refractivity contribution is -0.384. The van der Waals surface area contributed by atoms with Crippen LogP contribution in [0.3, 0.4) is 0 Å². The van der Waals surface area contributed by atoms with Crippen molar-refractivity contribution in [2.75, 3.05) is 0 Å². The number of hydrogen-bond donors (Lipinski definition) is 1. The summed E-state index contributed by atoms with van der Waals surface area (Å²) in [5.41, 5.74) is 24.8. The third kappa shape index (κ3) is 10.7. The van der Waals surface area contributed by atoms with Gasteiger partial charge in [-0.2, -0.15) is 0 Å². The summed E-state index contributed by atoms with van der Waals surface area (Å²) in [4.78, 5) is 16.3. The highest BCUT2D eigenvalue weighted by atomic mass is 32.1. The first-order chi connectivity index (χ1) is 55.3. The van der Waals surface area contributed by atoms with Gasteiger partial charge >= 0.3 is 0 Å². The molecule has 0 aliphatic rings. The number of aromatic nitrogens is 3. The van der Waals surface area contributed by atoms with Crippen molar-refractivity contribution in [2.45, 2.75) is 0 Å². The van der Waals surface area contributed by atoms with E-state index in [1.807, 2.05) is 59.9 Å². The summed E-state index contributed by atoms with van der Waals surface area (Å²) in [6, 6.07) is 136. The summed E-state index contributed by atoms with van der Waals surface area (Å²) in [6.07, 6.45) is 0. The molecule has 1 N–H and O–H groups in total. The predicted octanol–water partition coefficient (Wildman–Crippen LogP) is 29.8. The predicted molar refractivity (Wildman–Crippen MR) is 476 cm³/mol. The second-order valence-corrected chi connectivity index (χ2v) is 31.2. The fraction of sp³-hybridized carbons (Fsp3) is 0. The van der Waals surface area contributed by atoms with Crippen molar-refractivity contribution in [1.82, 2.24) is 14.1 Å². The Balaban J connectivity index is 0.000000137. The summed E-state index contributed by atoms with van der Waals surface area (Å²) in [6.45, 7) is 0. The lowest BCUT2D eigenvalue weighted by Gasteiger charge is -2.14. The second kappa shape index (κ2) is 26.3. The van der Waals surface area contributed by atoms with Crippen LogP contribution >= 0.6 is 22.7 Å². The molecule has 5 aromatic heterocycles. The van der Waals surface area contributed by atoms with Gasteiger partial charge in [-0.25, -0.2) is 0 Å². The van der Waals surface area contributed by atoms with Gasteiger partial charge in [0, 0.05) is 106 Å². The van der Waals surface area contributed by atoms with E-state index in [4.69, 9.17) is 0 Å². The maximum Gasteiger partial charge on any atom is 0.277 e. The molecule has 524 valence electrons. The van der Waals surface area contributed by atoms with E-state index in [0.29, 0.717) is 5.56 Å². The van der Waals surface area contributed by atoms with Crippen molar-refractivity contribution in [3.8, 4) is 89.3 Å². The summed E-state index contributed by atoms with van der Waals surface area (Å²) in [7, 11) is 0. The molecule has 0 unspecified atom stereocenters. The minimum Gasteiger partial charge on any atom is -0.354 e. The van der Waals surface area contributed by atoms with Crippen LogP contribution in [0.25, 0.3) is 217 Å². The molecule has 0 aliphatic heterocycles. The van der Waals surface area contributed by atoms with Crippen LogP contribution < -0.4 is 0 Å². The lowest BCUT2D eigenvalue weighted by atomic mass is 9.92. The Kier molecular flexibility index (Phi) is 15.2. The van der Waals surface area contributed by atoms with Gasteiger partial charge < -0.3 is 14.1 Å².